The van der Waals surface area contributed by atoms with Crippen LogP contribution in [0.3, 0.4) is 0 Å². The Bertz CT molecular complexity index is 699. The highest BCUT2D eigenvalue weighted by Gasteiger charge is 2.27. The quantitative estimate of drug-likeness (QED) is 0.749. The lowest BCUT2D eigenvalue weighted by Gasteiger charge is -2.09. The molecule has 1 saturated heterocycles. The maximum Gasteiger partial charge on any atom is 0.215 e. The first-order valence-corrected chi connectivity index (χ1v) is 11.0. The summed E-state index contributed by atoms with van der Waals surface area (Å²) in [5.74, 6) is 0.595. The molecule has 0 amide bonds. The average molecular weight is 366 g/mol. The topological polar surface area (TPSA) is 80.3 Å². The molecule has 0 saturated carbocycles. The van der Waals surface area contributed by atoms with Crippen LogP contribution in [0.5, 0.6) is 0 Å². The highest BCUT2D eigenvalue weighted by atomic mass is 35.5. The van der Waals surface area contributed by atoms with Crippen LogP contribution in [0, 0.1) is 5.92 Å². The molecule has 1 unspecified atom stereocenters. The minimum absolute atomic E-state index is 0.0814. The maximum absolute atomic E-state index is 11.9. The van der Waals surface area contributed by atoms with Gasteiger partial charge in [-0.1, -0.05) is 23.7 Å². The smallest absolute Gasteiger partial charge is 0.215 e. The van der Waals surface area contributed by atoms with E-state index >= 15 is 0 Å². The number of rotatable bonds is 7. The van der Waals surface area contributed by atoms with Gasteiger partial charge in [0.25, 0.3) is 0 Å². The van der Waals surface area contributed by atoms with Gasteiger partial charge in [-0.05, 0) is 42.9 Å². The van der Waals surface area contributed by atoms with Crippen LogP contribution in [-0.2, 0) is 25.6 Å². The number of benzene rings is 1. The van der Waals surface area contributed by atoms with Crippen molar-refractivity contribution in [2.45, 2.75) is 25.0 Å². The molecule has 1 N–H and O–H groups in total. The summed E-state index contributed by atoms with van der Waals surface area (Å²) in [5, 5.41) is 0.570. The SMILES string of the molecule is O=S1(=O)CCC(CCCNS(=O)(=O)Cc2ccc(Cl)cc2)C1. The lowest BCUT2D eigenvalue weighted by molar-refractivity contribution is 0.512. The molecular formula is C14H20ClNO4S2. The molecule has 8 heteroatoms. The van der Waals surface area contributed by atoms with Crippen molar-refractivity contribution in [1.29, 1.82) is 0 Å². The van der Waals surface area contributed by atoms with Crippen LogP contribution in [0.4, 0.5) is 0 Å². The van der Waals surface area contributed by atoms with Crippen molar-refractivity contribution in [3.05, 3.63) is 34.9 Å². The van der Waals surface area contributed by atoms with Gasteiger partial charge in [-0.3, -0.25) is 0 Å². The molecule has 1 aliphatic heterocycles. The van der Waals surface area contributed by atoms with Crippen LogP contribution in [0.25, 0.3) is 0 Å². The van der Waals surface area contributed by atoms with Gasteiger partial charge >= 0.3 is 0 Å². The standard InChI is InChI=1S/C14H20ClNO4S2/c15-14-5-3-13(4-6-14)11-22(19,20)16-8-1-2-12-7-9-21(17,18)10-12/h3-6,12,16H,1-2,7-11H2. The molecule has 1 aliphatic rings. The Balaban J connectivity index is 1.72. The van der Waals surface area contributed by atoms with E-state index in [9.17, 15) is 16.8 Å². The van der Waals surface area contributed by atoms with Gasteiger partial charge in [0.1, 0.15) is 0 Å². The van der Waals surface area contributed by atoms with Gasteiger partial charge in [-0.25, -0.2) is 21.6 Å². The Morgan fingerprint density at radius 3 is 2.50 bits per heavy atom. The van der Waals surface area contributed by atoms with Gasteiger partial charge < -0.3 is 0 Å². The molecule has 0 aromatic heterocycles. The fourth-order valence-electron chi connectivity index (χ4n) is 2.57. The molecular weight excluding hydrogens is 346 g/mol. The Labute approximate surface area is 137 Å². The Hall–Kier alpha value is -0.630. The third-order valence-electron chi connectivity index (χ3n) is 3.71. The molecule has 124 valence electrons. The summed E-state index contributed by atoms with van der Waals surface area (Å²) >= 11 is 5.76. The predicted molar refractivity (Wildman–Crippen MR) is 88.1 cm³/mol. The summed E-state index contributed by atoms with van der Waals surface area (Å²) in [4.78, 5) is 0. The fraction of sp³-hybridized carbons (Fsp3) is 0.571. The number of sulfone groups is 1. The summed E-state index contributed by atoms with van der Waals surface area (Å²) in [5.41, 5.74) is 0.679. The number of sulfonamides is 1. The van der Waals surface area contributed by atoms with Crippen LogP contribution in [0.2, 0.25) is 5.02 Å². The molecule has 22 heavy (non-hydrogen) atoms. The number of nitrogens with one attached hydrogen (secondary N) is 1. The van der Waals surface area contributed by atoms with Gasteiger partial charge in [-0.15, -0.1) is 0 Å². The van der Waals surface area contributed by atoms with E-state index in [2.05, 4.69) is 4.72 Å². The third-order valence-corrected chi connectivity index (χ3v) is 7.15. The number of halogens is 1. The first-order chi connectivity index (χ1) is 10.3. The zero-order valence-corrected chi connectivity index (χ0v) is 14.6. The number of hydrogen-bond donors (Lipinski definition) is 1. The van der Waals surface area contributed by atoms with E-state index in [0.717, 1.165) is 6.42 Å². The van der Waals surface area contributed by atoms with Crippen molar-refractivity contribution in [3.8, 4) is 0 Å². The second-order valence-corrected chi connectivity index (χ2v) is 10.2. The van der Waals surface area contributed by atoms with E-state index in [-0.39, 0.29) is 23.2 Å². The number of hydrogen-bond acceptors (Lipinski definition) is 4. The first kappa shape index (κ1) is 17.7. The maximum atomic E-state index is 11.9. The second-order valence-electron chi connectivity index (χ2n) is 5.69. The first-order valence-electron chi connectivity index (χ1n) is 7.18. The van der Waals surface area contributed by atoms with Crippen molar-refractivity contribution in [1.82, 2.24) is 4.72 Å². The van der Waals surface area contributed by atoms with Crippen molar-refractivity contribution in [3.63, 3.8) is 0 Å². The zero-order chi connectivity index (χ0) is 16.2. The van der Waals surface area contributed by atoms with E-state index in [1.165, 1.54) is 0 Å². The summed E-state index contributed by atoms with van der Waals surface area (Å²) in [6, 6.07) is 6.69. The molecule has 1 heterocycles. The lowest BCUT2D eigenvalue weighted by Crippen LogP contribution is -2.26. The van der Waals surface area contributed by atoms with Gasteiger partial charge in [-0.2, -0.15) is 0 Å². The van der Waals surface area contributed by atoms with Crippen LogP contribution < -0.4 is 4.72 Å². The molecule has 1 fully saturated rings. The lowest BCUT2D eigenvalue weighted by atomic mass is 10.0. The molecule has 1 atom stereocenters. The van der Waals surface area contributed by atoms with Crippen LogP contribution in [-0.4, -0.2) is 34.9 Å². The highest BCUT2D eigenvalue weighted by molar-refractivity contribution is 7.91. The minimum Gasteiger partial charge on any atom is -0.229 e. The highest BCUT2D eigenvalue weighted by Crippen LogP contribution is 2.22. The normalized spacial score (nSPS) is 21.0. The Kier molecular flexibility index (Phi) is 5.87. The molecule has 0 aliphatic carbocycles. The fourth-order valence-corrected chi connectivity index (χ4v) is 5.79. The summed E-state index contributed by atoms with van der Waals surface area (Å²) in [6.07, 6.45) is 2.09. The monoisotopic (exact) mass is 365 g/mol. The van der Waals surface area contributed by atoms with Crippen molar-refractivity contribution < 1.29 is 16.8 Å². The van der Waals surface area contributed by atoms with Crippen LogP contribution in [0.1, 0.15) is 24.8 Å². The van der Waals surface area contributed by atoms with E-state index in [0.29, 0.717) is 30.0 Å². The molecule has 5 nitrogen and oxygen atoms in total. The largest absolute Gasteiger partial charge is 0.229 e. The summed E-state index contributed by atoms with van der Waals surface area (Å²) in [7, 11) is -6.23. The second kappa shape index (κ2) is 7.29. The van der Waals surface area contributed by atoms with Crippen LogP contribution in [0.15, 0.2) is 24.3 Å². The zero-order valence-electron chi connectivity index (χ0n) is 12.2. The van der Waals surface area contributed by atoms with Crippen molar-refractivity contribution >= 4 is 31.5 Å². The molecule has 0 bridgehead atoms. The molecule has 1 aromatic carbocycles. The third kappa shape index (κ3) is 5.87. The van der Waals surface area contributed by atoms with E-state index < -0.39 is 19.9 Å². The van der Waals surface area contributed by atoms with E-state index in [1.54, 1.807) is 24.3 Å². The van der Waals surface area contributed by atoms with Gasteiger partial charge in [0.2, 0.25) is 10.0 Å². The molecule has 2 rings (SSSR count). The molecule has 0 spiro atoms. The van der Waals surface area contributed by atoms with Crippen LogP contribution >= 0.6 is 11.6 Å². The van der Waals surface area contributed by atoms with Gasteiger partial charge in [0.05, 0.1) is 17.3 Å². The predicted octanol–water partition coefficient (Wildman–Crippen LogP) is 1.97. The summed E-state index contributed by atoms with van der Waals surface area (Å²) < 4.78 is 49.1. The van der Waals surface area contributed by atoms with Gasteiger partial charge in [0.15, 0.2) is 9.84 Å². The summed E-state index contributed by atoms with van der Waals surface area (Å²) in [6.45, 7) is 0.340. The van der Waals surface area contributed by atoms with E-state index in [1.807, 2.05) is 0 Å². The Morgan fingerprint density at radius 1 is 1.23 bits per heavy atom. The Morgan fingerprint density at radius 2 is 1.91 bits per heavy atom. The molecule has 1 aromatic rings. The van der Waals surface area contributed by atoms with Crippen molar-refractivity contribution in [2.75, 3.05) is 18.1 Å². The average Bonchev–Trinajstić information content (AvgIpc) is 2.77. The van der Waals surface area contributed by atoms with E-state index in [4.69, 9.17) is 11.6 Å². The molecule has 0 radical (unpaired) electrons. The van der Waals surface area contributed by atoms with Gasteiger partial charge in [0, 0.05) is 11.6 Å². The minimum atomic E-state index is -3.38. The van der Waals surface area contributed by atoms with Crippen molar-refractivity contribution in [2.24, 2.45) is 5.92 Å².